The van der Waals surface area contributed by atoms with E-state index in [1.165, 1.54) is 4.90 Å². The second-order valence-electron chi connectivity index (χ2n) is 6.47. The van der Waals surface area contributed by atoms with Crippen molar-refractivity contribution in [3.8, 4) is 11.5 Å². The third-order valence-corrected chi connectivity index (χ3v) is 4.85. The summed E-state index contributed by atoms with van der Waals surface area (Å²) in [6.45, 7) is 7.16. The van der Waals surface area contributed by atoms with E-state index in [4.69, 9.17) is 14.2 Å². The molecule has 0 aromatic heterocycles. The van der Waals surface area contributed by atoms with Crippen LogP contribution in [0.3, 0.4) is 0 Å². The second kappa shape index (κ2) is 10.0. The number of quaternary nitrogens is 1. The van der Waals surface area contributed by atoms with E-state index < -0.39 is 0 Å². The zero-order chi connectivity index (χ0) is 19.8. The number of carbonyl (C=O) groups is 2. The highest BCUT2D eigenvalue weighted by Gasteiger charge is 2.31. The second-order valence-corrected chi connectivity index (χ2v) is 6.47. The zero-order valence-corrected chi connectivity index (χ0v) is 16.5. The van der Waals surface area contributed by atoms with E-state index in [2.05, 4.69) is 5.32 Å². The number of amides is 2. The van der Waals surface area contributed by atoms with Crippen LogP contribution in [0, 0.1) is 0 Å². The van der Waals surface area contributed by atoms with Crippen molar-refractivity contribution in [3.63, 3.8) is 0 Å². The molecular formula is C19H30N3O5+. The Bertz CT molecular complexity index is 644. The Hall–Kier alpha value is -2.48. The van der Waals surface area contributed by atoms with Crippen molar-refractivity contribution >= 4 is 12.0 Å². The Labute approximate surface area is 160 Å². The van der Waals surface area contributed by atoms with Gasteiger partial charge in [0.05, 0.1) is 47.0 Å². The maximum atomic E-state index is 12.5. The molecule has 8 heteroatoms. The Morgan fingerprint density at radius 1 is 1.19 bits per heavy atom. The normalized spacial score (nSPS) is 15.8. The molecule has 0 unspecified atom stereocenters. The van der Waals surface area contributed by atoms with E-state index in [1.807, 2.05) is 25.1 Å². The highest BCUT2D eigenvalue weighted by atomic mass is 16.6. The first-order valence-electron chi connectivity index (χ1n) is 9.25. The number of nitrogens with one attached hydrogen (secondary N) is 2. The summed E-state index contributed by atoms with van der Waals surface area (Å²) in [6, 6.07) is 5.39. The molecule has 1 fully saturated rings. The summed E-state index contributed by atoms with van der Waals surface area (Å²) in [7, 11) is 3.17. The van der Waals surface area contributed by atoms with Gasteiger partial charge in [0.1, 0.15) is 0 Å². The molecule has 1 aromatic rings. The van der Waals surface area contributed by atoms with Crippen LogP contribution < -0.4 is 19.7 Å². The lowest BCUT2D eigenvalue weighted by Crippen LogP contribution is -3.19. The van der Waals surface area contributed by atoms with Gasteiger partial charge in [-0.3, -0.25) is 9.69 Å². The van der Waals surface area contributed by atoms with Crippen molar-refractivity contribution in [2.24, 2.45) is 0 Å². The minimum Gasteiger partial charge on any atom is -0.493 e. The summed E-state index contributed by atoms with van der Waals surface area (Å²) in [4.78, 5) is 27.1. The molecule has 1 atom stereocenters. The average Bonchev–Trinajstić information content (AvgIpc) is 2.71. The van der Waals surface area contributed by atoms with Crippen LogP contribution in [0.4, 0.5) is 4.79 Å². The molecule has 1 aliphatic heterocycles. The quantitative estimate of drug-likeness (QED) is 0.700. The Kier molecular flexibility index (Phi) is 7.72. The minimum absolute atomic E-state index is 0.00984. The van der Waals surface area contributed by atoms with Gasteiger partial charge in [-0.15, -0.1) is 0 Å². The van der Waals surface area contributed by atoms with Gasteiger partial charge >= 0.3 is 6.09 Å². The average molecular weight is 380 g/mol. The van der Waals surface area contributed by atoms with Gasteiger partial charge in [-0.05, 0) is 31.5 Å². The van der Waals surface area contributed by atoms with Crippen LogP contribution in [0.25, 0.3) is 0 Å². The summed E-state index contributed by atoms with van der Waals surface area (Å²) in [5, 5.41) is 2.98. The molecule has 1 aliphatic rings. The maximum absolute atomic E-state index is 12.5. The van der Waals surface area contributed by atoms with Crippen molar-refractivity contribution in [2.75, 3.05) is 47.0 Å². The molecule has 2 N–H and O–H groups in total. The van der Waals surface area contributed by atoms with Gasteiger partial charge in [0.15, 0.2) is 17.5 Å². The predicted octanol–water partition coefficient (Wildman–Crippen LogP) is 0.0655. The molecule has 1 heterocycles. The lowest BCUT2D eigenvalue weighted by molar-refractivity contribution is -0.918. The van der Waals surface area contributed by atoms with Crippen LogP contribution in [0.5, 0.6) is 11.5 Å². The molecule has 0 saturated carbocycles. The molecule has 0 aliphatic carbocycles. The fraction of sp³-hybridized carbons (Fsp3) is 0.579. The van der Waals surface area contributed by atoms with Gasteiger partial charge in [-0.25, -0.2) is 4.79 Å². The maximum Gasteiger partial charge on any atom is 0.410 e. The number of ether oxygens (including phenoxy) is 3. The summed E-state index contributed by atoms with van der Waals surface area (Å²) < 4.78 is 15.5. The van der Waals surface area contributed by atoms with Crippen molar-refractivity contribution in [2.45, 2.75) is 26.4 Å². The molecule has 0 radical (unpaired) electrons. The van der Waals surface area contributed by atoms with Crippen LogP contribution in [0.2, 0.25) is 0 Å². The van der Waals surface area contributed by atoms with Crippen molar-refractivity contribution < 1.29 is 28.7 Å². The first-order valence-corrected chi connectivity index (χ1v) is 9.25. The highest BCUT2D eigenvalue weighted by Crippen LogP contribution is 2.27. The number of carbonyl (C=O) groups excluding carboxylic acids is 2. The number of nitrogens with zero attached hydrogens (tertiary/aromatic N) is 1. The molecule has 27 heavy (non-hydrogen) atoms. The van der Waals surface area contributed by atoms with Crippen LogP contribution in [-0.2, 0) is 16.1 Å². The SMILES string of the molecule is CCOC(=O)N1CC[NH+]([C@H](C)C(=O)NCc2ccc(OC)c(OC)c2)CC1. The monoisotopic (exact) mass is 380 g/mol. The molecule has 2 rings (SSSR count). The van der Waals surface area contributed by atoms with Gasteiger partial charge in [0.2, 0.25) is 0 Å². The lowest BCUT2D eigenvalue weighted by atomic mass is 10.1. The minimum atomic E-state index is -0.276. The largest absolute Gasteiger partial charge is 0.493 e. The van der Waals surface area contributed by atoms with E-state index in [9.17, 15) is 9.59 Å². The number of rotatable bonds is 7. The Morgan fingerprint density at radius 3 is 2.44 bits per heavy atom. The molecule has 1 saturated heterocycles. The number of methoxy groups -OCH3 is 2. The molecule has 8 nitrogen and oxygen atoms in total. The van der Waals surface area contributed by atoms with E-state index in [0.29, 0.717) is 37.7 Å². The molecule has 1 aromatic carbocycles. The summed E-state index contributed by atoms with van der Waals surface area (Å²) in [5.74, 6) is 1.28. The molecule has 150 valence electrons. The van der Waals surface area contributed by atoms with Crippen molar-refractivity contribution in [1.82, 2.24) is 10.2 Å². The number of hydrogen-bond donors (Lipinski definition) is 2. The number of piperazine rings is 1. The Morgan fingerprint density at radius 2 is 1.85 bits per heavy atom. The highest BCUT2D eigenvalue weighted by molar-refractivity contribution is 5.80. The van der Waals surface area contributed by atoms with Crippen LogP contribution >= 0.6 is 0 Å². The zero-order valence-electron chi connectivity index (χ0n) is 16.5. The summed E-state index contributed by atoms with van der Waals surface area (Å²) >= 11 is 0. The summed E-state index contributed by atoms with van der Waals surface area (Å²) in [5.41, 5.74) is 0.940. The topological polar surface area (TPSA) is 81.5 Å². The van der Waals surface area contributed by atoms with E-state index in [-0.39, 0.29) is 18.0 Å². The van der Waals surface area contributed by atoms with Crippen LogP contribution in [-0.4, -0.2) is 69.9 Å². The van der Waals surface area contributed by atoms with Crippen molar-refractivity contribution in [3.05, 3.63) is 23.8 Å². The molecular weight excluding hydrogens is 350 g/mol. The predicted molar refractivity (Wildman–Crippen MR) is 100 cm³/mol. The number of hydrogen-bond acceptors (Lipinski definition) is 5. The number of benzene rings is 1. The lowest BCUT2D eigenvalue weighted by Gasteiger charge is -2.34. The fourth-order valence-electron chi connectivity index (χ4n) is 3.14. The van der Waals surface area contributed by atoms with Gasteiger partial charge in [-0.2, -0.15) is 0 Å². The molecule has 0 bridgehead atoms. The summed E-state index contributed by atoms with van der Waals surface area (Å²) in [6.07, 6.45) is -0.276. The first kappa shape index (κ1) is 20.8. The van der Waals surface area contributed by atoms with Crippen LogP contribution in [0.1, 0.15) is 19.4 Å². The first-order chi connectivity index (χ1) is 13.0. The third kappa shape index (κ3) is 5.50. The molecule has 0 spiro atoms. The third-order valence-electron chi connectivity index (χ3n) is 4.85. The van der Waals surface area contributed by atoms with Gasteiger partial charge in [0.25, 0.3) is 5.91 Å². The standard InChI is InChI=1S/C19H29N3O5/c1-5-27-19(24)22-10-8-21(9-11-22)14(2)18(23)20-13-15-6-7-16(25-3)17(12-15)26-4/h6-7,12,14H,5,8-11,13H2,1-4H3,(H,20,23)/p+1/t14-/m1/s1. The van der Waals surface area contributed by atoms with Crippen molar-refractivity contribution in [1.29, 1.82) is 0 Å². The van der Waals surface area contributed by atoms with E-state index in [0.717, 1.165) is 18.7 Å². The van der Waals surface area contributed by atoms with Gasteiger partial charge in [0, 0.05) is 6.54 Å². The molecule has 2 amide bonds. The van der Waals surface area contributed by atoms with E-state index in [1.54, 1.807) is 26.0 Å². The Balaban J connectivity index is 1.83. The van der Waals surface area contributed by atoms with Gasteiger partial charge in [-0.1, -0.05) is 6.07 Å². The van der Waals surface area contributed by atoms with Crippen LogP contribution in [0.15, 0.2) is 18.2 Å². The van der Waals surface area contributed by atoms with E-state index >= 15 is 0 Å². The smallest absolute Gasteiger partial charge is 0.410 e. The van der Waals surface area contributed by atoms with Gasteiger partial charge < -0.3 is 24.4 Å². The fourth-order valence-corrected chi connectivity index (χ4v) is 3.14.